The van der Waals surface area contributed by atoms with Crippen molar-refractivity contribution in [3.63, 3.8) is 0 Å². The van der Waals surface area contributed by atoms with Crippen LogP contribution in [-0.4, -0.2) is 50.2 Å². The number of dihydropyridines is 1. The largest absolute Gasteiger partial charge is 0.384 e. The predicted octanol–water partition coefficient (Wildman–Crippen LogP) is 3.58. The van der Waals surface area contributed by atoms with E-state index in [2.05, 4.69) is 40.6 Å². The minimum Gasteiger partial charge on any atom is -0.384 e. The molecule has 2 aliphatic rings. The highest BCUT2D eigenvalue weighted by Crippen LogP contribution is 2.23. The normalized spacial score (nSPS) is 18.3. The Kier molecular flexibility index (Phi) is 6.67. The molecular weight excluding hydrogens is 393 g/mol. The molecule has 0 saturated carbocycles. The molecule has 2 aliphatic heterocycles. The second-order valence-electron chi connectivity index (χ2n) is 7.96. The second kappa shape index (κ2) is 9.79. The van der Waals surface area contributed by atoms with Crippen LogP contribution in [0.25, 0.3) is 5.57 Å². The first kappa shape index (κ1) is 21.1. The predicted molar refractivity (Wildman–Crippen MR) is 121 cm³/mol. The summed E-state index contributed by atoms with van der Waals surface area (Å²) in [5.41, 5.74) is 4.22. The summed E-state index contributed by atoms with van der Waals surface area (Å²) in [6.07, 6.45) is 6.40. The number of nitrogens with one attached hydrogen (secondary N) is 1. The summed E-state index contributed by atoms with van der Waals surface area (Å²) >= 11 is 0. The smallest absolute Gasteiger partial charge is 0.225 e. The van der Waals surface area contributed by atoms with Crippen LogP contribution in [0, 0.1) is 5.82 Å². The molecule has 2 heterocycles. The summed E-state index contributed by atoms with van der Waals surface area (Å²) < 4.78 is 18.8. The molecule has 1 N–H and O–H groups in total. The van der Waals surface area contributed by atoms with E-state index in [1.165, 1.54) is 17.8 Å². The van der Waals surface area contributed by atoms with E-state index in [1.807, 2.05) is 18.3 Å². The number of hydrogen-bond acceptors (Lipinski definition) is 4. The Morgan fingerprint density at radius 1 is 1.19 bits per heavy atom. The SMILES string of the molecule is CN(Cc1cccc(F)c1)C(=O)CC1C=CC(c2ccc(N3CCOCC3)cc2)=CN1. The van der Waals surface area contributed by atoms with Crippen LogP contribution < -0.4 is 10.2 Å². The minimum atomic E-state index is -0.286. The maximum atomic E-state index is 13.3. The lowest BCUT2D eigenvalue weighted by atomic mass is 10.0. The van der Waals surface area contributed by atoms with Crippen LogP contribution in [0.4, 0.5) is 10.1 Å². The molecule has 2 aromatic rings. The van der Waals surface area contributed by atoms with E-state index in [9.17, 15) is 9.18 Å². The van der Waals surface area contributed by atoms with Gasteiger partial charge in [0.1, 0.15) is 5.82 Å². The Morgan fingerprint density at radius 2 is 1.97 bits per heavy atom. The van der Waals surface area contributed by atoms with Crippen molar-refractivity contribution >= 4 is 17.2 Å². The molecule has 6 heteroatoms. The standard InChI is InChI=1S/C25H28FN3O2/c1-28(18-19-3-2-4-22(26)15-19)25(30)16-23-8-5-21(17-27-23)20-6-9-24(10-7-20)29-11-13-31-14-12-29/h2-10,15,17,23,27H,11-14,16,18H2,1H3. The number of carbonyl (C=O) groups is 1. The number of anilines is 1. The van der Waals surface area contributed by atoms with Gasteiger partial charge in [-0.2, -0.15) is 0 Å². The zero-order valence-electron chi connectivity index (χ0n) is 17.8. The van der Waals surface area contributed by atoms with E-state index in [4.69, 9.17) is 4.74 Å². The fraction of sp³-hybridized carbons (Fsp3) is 0.320. The highest BCUT2D eigenvalue weighted by atomic mass is 19.1. The molecule has 0 radical (unpaired) electrons. The van der Waals surface area contributed by atoms with Crippen LogP contribution in [0.15, 0.2) is 66.9 Å². The van der Waals surface area contributed by atoms with Gasteiger partial charge in [0.05, 0.1) is 25.7 Å². The Labute approximate surface area is 182 Å². The molecule has 2 aromatic carbocycles. The quantitative estimate of drug-likeness (QED) is 0.775. The summed E-state index contributed by atoms with van der Waals surface area (Å²) in [5.74, 6) is -0.274. The van der Waals surface area contributed by atoms with Crippen molar-refractivity contribution in [3.8, 4) is 0 Å². The maximum absolute atomic E-state index is 13.3. The maximum Gasteiger partial charge on any atom is 0.225 e. The molecule has 0 aliphatic carbocycles. The van der Waals surface area contributed by atoms with E-state index in [1.54, 1.807) is 18.0 Å². The molecule has 0 aromatic heterocycles. The number of benzene rings is 2. The average molecular weight is 422 g/mol. The van der Waals surface area contributed by atoms with Gasteiger partial charge in [-0.25, -0.2) is 4.39 Å². The molecule has 0 spiro atoms. The van der Waals surface area contributed by atoms with Crippen molar-refractivity contribution in [2.75, 3.05) is 38.3 Å². The summed E-state index contributed by atoms with van der Waals surface area (Å²) in [7, 11) is 1.75. The van der Waals surface area contributed by atoms with Gasteiger partial charge in [0.15, 0.2) is 0 Å². The molecule has 0 bridgehead atoms. The van der Waals surface area contributed by atoms with Crippen LogP contribution in [0.2, 0.25) is 0 Å². The zero-order chi connectivity index (χ0) is 21.6. The van der Waals surface area contributed by atoms with E-state index >= 15 is 0 Å². The number of ether oxygens (including phenoxy) is 1. The number of carbonyl (C=O) groups excluding carboxylic acids is 1. The van der Waals surface area contributed by atoms with Crippen LogP contribution >= 0.6 is 0 Å². The van der Waals surface area contributed by atoms with Crippen LogP contribution in [0.3, 0.4) is 0 Å². The van der Waals surface area contributed by atoms with E-state index in [0.717, 1.165) is 43.0 Å². The van der Waals surface area contributed by atoms with Crippen molar-refractivity contribution in [1.82, 2.24) is 10.2 Å². The van der Waals surface area contributed by atoms with Gasteiger partial charge in [-0.15, -0.1) is 0 Å². The molecule has 5 nitrogen and oxygen atoms in total. The second-order valence-corrected chi connectivity index (χ2v) is 7.96. The van der Waals surface area contributed by atoms with Gasteiger partial charge in [-0.1, -0.05) is 36.4 Å². The lowest BCUT2D eigenvalue weighted by molar-refractivity contribution is -0.130. The third-order valence-corrected chi connectivity index (χ3v) is 5.67. The molecule has 162 valence electrons. The average Bonchev–Trinajstić information content (AvgIpc) is 2.80. The summed E-state index contributed by atoms with van der Waals surface area (Å²) in [4.78, 5) is 16.5. The fourth-order valence-electron chi connectivity index (χ4n) is 3.85. The third kappa shape index (κ3) is 5.52. The highest BCUT2D eigenvalue weighted by molar-refractivity contribution is 5.79. The van der Waals surface area contributed by atoms with Crippen molar-refractivity contribution in [1.29, 1.82) is 0 Å². The van der Waals surface area contributed by atoms with Crippen molar-refractivity contribution in [3.05, 3.63) is 83.8 Å². The van der Waals surface area contributed by atoms with Crippen LogP contribution in [0.1, 0.15) is 17.5 Å². The topological polar surface area (TPSA) is 44.8 Å². The number of allylic oxidation sites excluding steroid dienone is 2. The van der Waals surface area contributed by atoms with Crippen LogP contribution in [-0.2, 0) is 16.1 Å². The summed E-state index contributed by atoms with van der Waals surface area (Å²) in [5, 5.41) is 3.32. The van der Waals surface area contributed by atoms with Gasteiger partial charge >= 0.3 is 0 Å². The van der Waals surface area contributed by atoms with Gasteiger partial charge in [0.25, 0.3) is 0 Å². The number of halogens is 1. The molecular formula is C25H28FN3O2. The number of rotatable bonds is 6. The number of amides is 1. The lowest BCUT2D eigenvalue weighted by Crippen LogP contribution is -2.36. The molecule has 1 atom stereocenters. The Balaban J connectivity index is 1.29. The van der Waals surface area contributed by atoms with Gasteiger partial charge in [0.2, 0.25) is 5.91 Å². The molecule has 1 fully saturated rings. The molecule has 1 unspecified atom stereocenters. The number of nitrogens with zero attached hydrogens (tertiary/aromatic N) is 2. The van der Waals surface area contributed by atoms with Gasteiger partial charge in [0, 0.05) is 38.6 Å². The van der Waals surface area contributed by atoms with E-state index in [-0.39, 0.29) is 17.8 Å². The number of morpholine rings is 1. The van der Waals surface area contributed by atoms with Crippen molar-refractivity contribution in [2.24, 2.45) is 0 Å². The van der Waals surface area contributed by atoms with Gasteiger partial charge in [-0.05, 0) is 41.0 Å². The Hall–Kier alpha value is -3.12. The van der Waals surface area contributed by atoms with Crippen LogP contribution in [0.5, 0.6) is 0 Å². The Morgan fingerprint density at radius 3 is 2.65 bits per heavy atom. The van der Waals surface area contributed by atoms with E-state index in [0.29, 0.717) is 13.0 Å². The van der Waals surface area contributed by atoms with Crippen molar-refractivity contribution < 1.29 is 13.9 Å². The molecule has 4 rings (SSSR count). The first-order chi connectivity index (χ1) is 15.1. The monoisotopic (exact) mass is 421 g/mol. The first-order valence-electron chi connectivity index (χ1n) is 10.6. The zero-order valence-corrected chi connectivity index (χ0v) is 17.8. The van der Waals surface area contributed by atoms with E-state index < -0.39 is 0 Å². The fourth-order valence-corrected chi connectivity index (χ4v) is 3.85. The lowest BCUT2D eigenvalue weighted by Gasteiger charge is -2.29. The highest BCUT2D eigenvalue weighted by Gasteiger charge is 2.17. The van der Waals surface area contributed by atoms with Gasteiger partial charge in [-0.3, -0.25) is 4.79 Å². The third-order valence-electron chi connectivity index (χ3n) is 5.67. The minimum absolute atomic E-state index is 0.0122. The summed E-state index contributed by atoms with van der Waals surface area (Å²) in [6.45, 7) is 3.79. The van der Waals surface area contributed by atoms with Crippen molar-refractivity contribution in [2.45, 2.75) is 19.0 Å². The molecule has 1 amide bonds. The number of hydrogen-bond donors (Lipinski definition) is 1. The Bertz CT molecular complexity index is 965. The first-order valence-corrected chi connectivity index (χ1v) is 10.6. The van der Waals surface area contributed by atoms with Gasteiger partial charge < -0.3 is 19.9 Å². The molecule has 31 heavy (non-hydrogen) atoms. The molecule has 1 saturated heterocycles. The summed E-state index contributed by atoms with van der Waals surface area (Å²) in [6, 6.07) is 14.8.